The summed E-state index contributed by atoms with van der Waals surface area (Å²) in [5.74, 6) is 0. The van der Waals surface area contributed by atoms with Crippen molar-refractivity contribution in [2.75, 3.05) is 4.90 Å². The van der Waals surface area contributed by atoms with E-state index in [2.05, 4.69) is 169 Å². The number of anilines is 3. The first kappa shape index (κ1) is 26.7. The van der Waals surface area contributed by atoms with E-state index in [9.17, 15) is 0 Å². The molecule has 1 nitrogen and oxygen atoms in total. The van der Waals surface area contributed by atoms with E-state index in [1.54, 1.807) is 0 Å². The molecule has 6 aromatic carbocycles. The lowest BCUT2D eigenvalue weighted by molar-refractivity contribution is 0.912. The third-order valence-corrected chi connectivity index (χ3v) is 8.42. The van der Waals surface area contributed by atoms with Crippen molar-refractivity contribution in [3.8, 4) is 11.1 Å². The highest BCUT2D eigenvalue weighted by Crippen LogP contribution is 2.38. The van der Waals surface area contributed by atoms with E-state index in [4.69, 9.17) is 0 Å². The smallest absolute Gasteiger partial charge is 0.0464 e. The Morgan fingerprint density at radius 3 is 1.63 bits per heavy atom. The van der Waals surface area contributed by atoms with Crippen LogP contribution < -0.4 is 4.90 Å². The number of nitrogens with zero attached hydrogens (tertiary/aromatic N) is 1. The van der Waals surface area contributed by atoms with Crippen molar-refractivity contribution in [3.05, 3.63) is 185 Å². The summed E-state index contributed by atoms with van der Waals surface area (Å²) in [6.07, 6.45) is 8.97. The van der Waals surface area contributed by atoms with E-state index in [0.717, 1.165) is 17.8 Å². The molecule has 6 aromatic rings. The standard InChI is InChI=1S/C42H35N/c1-3-8-34(9-4-1)30-35-18-16-32(17-19-35)14-15-33-20-25-40(26-21-33)43(42-29-24-37-12-7-13-39(37)31-42)41-27-22-38(23-28-41)36-10-5-2-6-11-36/h1-6,8-11,14-29,31H,7,12-13,30H2. The molecule has 0 radical (unpaired) electrons. The minimum atomic E-state index is 0.960. The second-order valence-corrected chi connectivity index (χ2v) is 11.4. The maximum Gasteiger partial charge on any atom is 0.0464 e. The van der Waals surface area contributed by atoms with Crippen LogP contribution in [0.1, 0.15) is 39.8 Å². The second-order valence-electron chi connectivity index (χ2n) is 11.4. The molecule has 7 rings (SSSR count). The zero-order chi connectivity index (χ0) is 28.8. The predicted molar refractivity (Wildman–Crippen MR) is 183 cm³/mol. The van der Waals surface area contributed by atoms with Crippen LogP contribution in [0.25, 0.3) is 23.3 Å². The van der Waals surface area contributed by atoms with Crippen molar-refractivity contribution in [1.29, 1.82) is 0 Å². The van der Waals surface area contributed by atoms with Gasteiger partial charge in [-0.25, -0.2) is 0 Å². The number of aryl methyl sites for hydroxylation is 2. The Balaban J connectivity index is 1.13. The average Bonchev–Trinajstić information content (AvgIpc) is 3.55. The van der Waals surface area contributed by atoms with Crippen molar-refractivity contribution in [2.45, 2.75) is 25.7 Å². The van der Waals surface area contributed by atoms with E-state index >= 15 is 0 Å². The molecule has 0 bridgehead atoms. The van der Waals surface area contributed by atoms with Crippen LogP contribution in [0.3, 0.4) is 0 Å². The van der Waals surface area contributed by atoms with Gasteiger partial charge in [0.05, 0.1) is 0 Å². The summed E-state index contributed by atoms with van der Waals surface area (Å²) in [7, 11) is 0. The van der Waals surface area contributed by atoms with E-state index < -0.39 is 0 Å². The Hall–Kier alpha value is -5.14. The van der Waals surface area contributed by atoms with Gasteiger partial charge in [-0.05, 0) is 107 Å². The van der Waals surface area contributed by atoms with E-state index in [-0.39, 0.29) is 0 Å². The van der Waals surface area contributed by atoms with Crippen LogP contribution in [-0.4, -0.2) is 0 Å². The molecule has 1 aliphatic rings. The number of rotatable bonds is 8. The summed E-state index contributed by atoms with van der Waals surface area (Å²) in [5.41, 5.74) is 14.0. The molecule has 43 heavy (non-hydrogen) atoms. The molecule has 0 saturated heterocycles. The SMILES string of the molecule is C(=Cc1ccc(N(c2ccc(-c3ccccc3)cc2)c2ccc3c(c2)CCC3)cc1)c1ccc(Cc2ccccc2)cc1. The summed E-state index contributed by atoms with van der Waals surface area (Å²) in [4.78, 5) is 2.38. The van der Waals surface area contributed by atoms with Gasteiger partial charge in [0, 0.05) is 17.1 Å². The third-order valence-electron chi connectivity index (χ3n) is 8.42. The molecule has 0 atom stereocenters. The van der Waals surface area contributed by atoms with Crippen LogP contribution in [0.2, 0.25) is 0 Å². The molecule has 0 N–H and O–H groups in total. The second kappa shape index (κ2) is 12.4. The number of benzene rings is 6. The molecule has 0 amide bonds. The first-order valence-corrected chi connectivity index (χ1v) is 15.3. The molecule has 0 unspecified atom stereocenters. The first-order valence-electron chi connectivity index (χ1n) is 15.3. The maximum atomic E-state index is 2.39. The minimum absolute atomic E-state index is 0.960. The minimum Gasteiger partial charge on any atom is -0.310 e. The highest BCUT2D eigenvalue weighted by atomic mass is 15.1. The molecule has 1 aliphatic carbocycles. The third kappa shape index (κ3) is 6.22. The summed E-state index contributed by atoms with van der Waals surface area (Å²) in [6, 6.07) is 54.9. The molecule has 0 fully saturated rings. The van der Waals surface area contributed by atoms with Gasteiger partial charge >= 0.3 is 0 Å². The van der Waals surface area contributed by atoms with Gasteiger partial charge in [0.2, 0.25) is 0 Å². The monoisotopic (exact) mass is 553 g/mol. The van der Waals surface area contributed by atoms with Crippen LogP contribution in [0, 0.1) is 0 Å². The van der Waals surface area contributed by atoms with Crippen LogP contribution in [0.5, 0.6) is 0 Å². The lowest BCUT2D eigenvalue weighted by Gasteiger charge is -2.26. The van der Waals surface area contributed by atoms with Gasteiger partial charge in [0.25, 0.3) is 0 Å². The van der Waals surface area contributed by atoms with Crippen molar-refractivity contribution in [1.82, 2.24) is 0 Å². The molecule has 0 aromatic heterocycles. The summed E-state index contributed by atoms with van der Waals surface area (Å²) < 4.78 is 0. The quantitative estimate of drug-likeness (QED) is 0.169. The Labute approximate surface area is 255 Å². The number of hydrogen-bond donors (Lipinski definition) is 0. The molecule has 0 heterocycles. The highest BCUT2D eigenvalue weighted by molar-refractivity contribution is 5.80. The molecule has 0 spiro atoms. The average molecular weight is 554 g/mol. The number of hydrogen-bond acceptors (Lipinski definition) is 1. The Bertz CT molecular complexity index is 1820. The van der Waals surface area contributed by atoms with Gasteiger partial charge in [-0.1, -0.05) is 127 Å². The normalized spacial score (nSPS) is 12.4. The molecular weight excluding hydrogens is 518 g/mol. The first-order chi connectivity index (χ1) is 21.3. The topological polar surface area (TPSA) is 3.24 Å². The molecule has 0 aliphatic heterocycles. The van der Waals surface area contributed by atoms with Crippen molar-refractivity contribution in [2.24, 2.45) is 0 Å². The molecule has 0 saturated carbocycles. The molecular formula is C42H35N. The van der Waals surface area contributed by atoms with Gasteiger partial charge in [0.1, 0.15) is 0 Å². The summed E-state index contributed by atoms with van der Waals surface area (Å²) in [5, 5.41) is 0. The fraction of sp³-hybridized carbons (Fsp3) is 0.0952. The van der Waals surface area contributed by atoms with E-state index in [0.29, 0.717) is 0 Å². The maximum absolute atomic E-state index is 2.39. The van der Waals surface area contributed by atoms with Gasteiger partial charge in [-0.3, -0.25) is 0 Å². The van der Waals surface area contributed by atoms with Crippen molar-refractivity contribution >= 4 is 29.2 Å². The van der Waals surface area contributed by atoms with Gasteiger partial charge in [0.15, 0.2) is 0 Å². The van der Waals surface area contributed by atoms with Gasteiger partial charge in [-0.15, -0.1) is 0 Å². The Kier molecular flexibility index (Phi) is 7.70. The van der Waals surface area contributed by atoms with Crippen LogP contribution >= 0.6 is 0 Å². The Morgan fingerprint density at radius 1 is 0.442 bits per heavy atom. The lowest BCUT2D eigenvalue weighted by Crippen LogP contribution is -2.10. The molecule has 208 valence electrons. The zero-order valence-electron chi connectivity index (χ0n) is 24.4. The lowest BCUT2D eigenvalue weighted by atomic mass is 10.0. The highest BCUT2D eigenvalue weighted by Gasteiger charge is 2.17. The number of fused-ring (bicyclic) bond motifs is 1. The van der Waals surface area contributed by atoms with Crippen molar-refractivity contribution in [3.63, 3.8) is 0 Å². The summed E-state index contributed by atoms with van der Waals surface area (Å²) >= 11 is 0. The molecule has 1 heteroatoms. The predicted octanol–water partition coefficient (Wildman–Crippen LogP) is 11.1. The Morgan fingerprint density at radius 2 is 0.953 bits per heavy atom. The summed E-state index contributed by atoms with van der Waals surface area (Å²) in [6.45, 7) is 0. The zero-order valence-corrected chi connectivity index (χ0v) is 24.4. The largest absolute Gasteiger partial charge is 0.310 e. The van der Waals surface area contributed by atoms with Crippen LogP contribution in [-0.2, 0) is 19.3 Å². The van der Waals surface area contributed by atoms with Gasteiger partial charge in [-0.2, -0.15) is 0 Å². The fourth-order valence-electron chi connectivity index (χ4n) is 6.08. The fourth-order valence-corrected chi connectivity index (χ4v) is 6.08. The van der Waals surface area contributed by atoms with E-state index in [1.807, 2.05) is 0 Å². The van der Waals surface area contributed by atoms with Crippen LogP contribution in [0.15, 0.2) is 152 Å². The van der Waals surface area contributed by atoms with Gasteiger partial charge < -0.3 is 4.90 Å². The van der Waals surface area contributed by atoms with Crippen molar-refractivity contribution < 1.29 is 0 Å². The van der Waals surface area contributed by atoms with Crippen LogP contribution in [0.4, 0.5) is 17.1 Å². The van der Waals surface area contributed by atoms with E-state index in [1.165, 1.54) is 69.5 Å².